The highest BCUT2D eigenvalue weighted by molar-refractivity contribution is 5.78. The summed E-state index contributed by atoms with van der Waals surface area (Å²) in [5.74, 6) is 1.01. The van der Waals surface area contributed by atoms with Crippen LogP contribution in [0.3, 0.4) is 0 Å². The maximum atomic E-state index is 11.6. The van der Waals surface area contributed by atoms with Gasteiger partial charge in [0, 0.05) is 12.4 Å². The van der Waals surface area contributed by atoms with Gasteiger partial charge in [0.15, 0.2) is 0 Å². The van der Waals surface area contributed by atoms with Gasteiger partial charge in [-0.25, -0.2) is 4.98 Å². The zero-order valence-corrected chi connectivity index (χ0v) is 8.32. The lowest BCUT2D eigenvalue weighted by atomic mass is 10.3. The van der Waals surface area contributed by atoms with E-state index in [1.807, 2.05) is 0 Å². The fourth-order valence-electron chi connectivity index (χ4n) is 1.61. The highest BCUT2D eigenvalue weighted by Gasteiger charge is 2.08. The van der Waals surface area contributed by atoms with E-state index in [1.54, 1.807) is 13.0 Å². The first kappa shape index (κ1) is 8.84. The Hall–Kier alpha value is -2.44. The van der Waals surface area contributed by atoms with Crippen molar-refractivity contribution in [2.75, 3.05) is 0 Å². The number of aromatic nitrogens is 5. The maximum Gasteiger partial charge on any atom is 0.293 e. The minimum atomic E-state index is -0.528. The minimum Gasteiger partial charge on any atom is -0.425 e. The summed E-state index contributed by atoms with van der Waals surface area (Å²) in [4.78, 5) is 19.7. The SMILES string of the molecule is Cc1nc2ncc3c(=O)n(O)ccc3n2n1. The van der Waals surface area contributed by atoms with Gasteiger partial charge in [-0.1, -0.05) is 0 Å². The largest absolute Gasteiger partial charge is 0.425 e. The smallest absolute Gasteiger partial charge is 0.293 e. The van der Waals surface area contributed by atoms with E-state index in [4.69, 9.17) is 0 Å². The summed E-state index contributed by atoms with van der Waals surface area (Å²) in [6.45, 7) is 1.74. The Balaban J connectivity index is 2.62. The van der Waals surface area contributed by atoms with E-state index in [1.165, 1.54) is 16.9 Å². The van der Waals surface area contributed by atoms with Crippen molar-refractivity contribution in [3.8, 4) is 0 Å². The highest BCUT2D eigenvalue weighted by Crippen LogP contribution is 2.09. The molecule has 16 heavy (non-hydrogen) atoms. The number of hydrogen-bond donors (Lipinski definition) is 1. The Labute approximate surface area is 88.6 Å². The standard InChI is InChI=1S/C9H7N5O2/c1-5-11-9-10-4-6-7(14(9)12-5)2-3-13(16)8(6)15/h2-4,16H,1H3. The molecule has 0 aliphatic carbocycles. The van der Waals surface area contributed by atoms with Crippen LogP contribution in [0.25, 0.3) is 16.7 Å². The molecule has 0 bridgehead atoms. The molecule has 7 heteroatoms. The molecule has 0 fully saturated rings. The van der Waals surface area contributed by atoms with Gasteiger partial charge in [-0.05, 0) is 13.0 Å². The lowest BCUT2D eigenvalue weighted by molar-refractivity contribution is 0.176. The summed E-state index contributed by atoms with van der Waals surface area (Å²) < 4.78 is 1.99. The molecule has 0 atom stereocenters. The predicted molar refractivity (Wildman–Crippen MR) is 54.5 cm³/mol. The zero-order valence-electron chi connectivity index (χ0n) is 8.32. The maximum absolute atomic E-state index is 11.6. The number of pyridine rings is 1. The van der Waals surface area contributed by atoms with Crippen LogP contribution in [0, 0.1) is 6.92 Å². The van der Waals surface area contributed by atoms with Gasteiger partial charge in [-0.3, -0.25) is 4.79 Å². The van der Waals surface area contributed by atoms with Crippen LogP contribution >= 0.6 is 0 Å². The van der Waals surface area contributed by atoms with E-state index in [2.05, 4.69) is 15.1 Å². The second-order valence-corrected chi connectivity index (χ2v) is 3.39. The van der Waals surface area contributed by atoms with Crippen molar-refractivity contribution in [1.82, 2.24) is 24.3 Å². The molecule has 7 nitrogen and oxygen atoms in total. The van der Waals surface area contributed by atoms with E-state index < -0.39 is 5.56 Å². The molecule has 3 aromatic rings. The van der Waals surface area contributed by atoms with Crippen molar-refractivity contribution in [3.63, 3.8) is 0 Å². The second-order valence-electron chi connectivity index (χ2n) is 3.39. The molecule has 0 saturated heterocycles. The van der Waals surface area contributed by atoms with E-state index >= 15 is 0 Å². The molecular formula is C9H7N5O2. The molecule has 0 aliphatic heterocycles. The quantitative estimate of drug-likeness (QED) is 0.535. The lowest BCUT2D eigenvalue weighted by Gasteiger charge is -2.00. The average Bonchev–Trinajstić information content (AvgIpc) is 2.63. The third-order valence-electron chi connectivity index (χ3n) is 2.32. The van der Waals surface area contributed by atoms with Crippen molar-refractivity contribution < 1.29 is 5.21 Å². The first-order chi connectivity index (χ1) is 7.66. The van der Waals surface area contributed by atoms with Crippen LogP contribution in [0.1, 0.15) is 5.82 Å². The molecule has 0 aromatic carbocycles. The highest BCUT2D eigenvalue weighted by atomic mass is 16.5. The monoisotopic (exact) mass is 217 g/mol. The molecule has 0 spiro atoms. The number of rotatable bonds is 0. The van der Waals surface area contributed by atoms with Crippen LogP contribution < -0.4 is 5.56 Å². The van der Waals surface area contributed by atoms with Crippen molar-refractivity contribution >= 4 is 16.7 Å². The van der Waals surface area contributed by atoms with E-state index in [0.717, 1.165) is 0 Å². The van der Waals surface area contributed by atoms with Gasteiger partial charge in [0.25, 0.3) is 11.3 Å². The summed E-state index contributed by atoms with van der Waals surface area (Å²) >= 11 is 0. The van der Waals surface area contributed by atoms with Gasteiger partial charge >= 0.3 is 0 Å². The fourth-order valence-corrected chi connectivity index (χ4v) is 1.61. The van der Waals surface area contributed by atoms with Crippen LogP contribution in [0.15, 0.2) is 23.3 Å². The van der Waals surface area contributed by atoms with Crippen molar-refractivity contribution in [2.45, 2.75) is 6.92 Å². The molecule has 3 aromatic heterocycles. The Morgan fingerprint density at radius 1 is 1.44 bits per heavy atom. The molecule has 3 rings (SSSR count). The number of nitrogens with zero attached hydrogens (tertiary/aromatic N) is 5. The number of hydrogen-bond acceptors (Lipinski definition) is 5. The molecular weight excluding hydrogens is 210 g/mol. The van der Waals surface area contributed by atoms with Crippen LogP contribution in [-0.2, 0) is 0 Å². The average molecular weight is 217 g/mol. The second kappa shape index (κ2) is 2.78. The van der Waals surface area contributed by atoms with Gasteiger partial charge < -0.3 is 5.21 Å². The van der Waals surface area contributed by atoms with Crippen LogP contribution in [0.4, 0.5) is 0 Å². The number of fused-ring (bicyclic) bond motifs is 3. The summed E-state index contributed by atoms with van der Waals surface area (Å²) in [5, 5.41) is 13.6. The van der Waals surface area contributed by atoms with Gasteiger partial charge in [0.05, 0.1) is 10.9 Å². The van der Waals surface area contributed by atoms with Gasteiger partial charge in [0.1, 0.15) is 5.82 Å². The van der Waals surface area contributed by atoms with Crippen molar-refractivity contribution in [2.24, 2.45) is 0 Å². The van der Waals surface area contributed by atoms with Gasteiger partial charge in [-0.2, -0.15) is 14.2 Å². The van der Waals surface area contributed by atoms with E-state index in [0.29, 0.717) is 27.2 Å². The Kier molecular flexibility index (Phi) is 1.54. The topological polar surface area (TPSA) is 85.3 Å². The normalized spacial score (nSPS) is 11.3. The van der Waals surface area contributed by atoms with Crippen LogP contribution in [0.5, 0.6) is 0 Å². The molecule has 1 N–H and O–H groups in total. The predicted octanol–water partition coefficient (Wildman–Crippen LogP) is -0.0151. The van der Waals surface area contributed by atoms with Crippen LogP contribution in [-0.4, -0.2) is 29.5 Å². The summed E-state index contributed by atoms with van der Waals surface area (Å²) in [6, 6.07) is 1.58. The summed E-state index contributed by atoms with van der Waals surface area (Å²) in [7, 11) is 0. The summed E-state index contributed by atoms with van der Waals surface area (Å²) in [6.07, 6.45) is 2.65. The first-order valence-electron chi connectivity index (χ1n) is 4.60. The molecule has 80 valence electrons. The van der Waals surface area contributed by atoms with Gasteiger partial charge in [-0.15, -0.1) is 5.10 Å². The van der Waals surface area contributed by atoms with E-state index in [-0.39, 0.29) is 0 Å². The Morgan fingerprint density at radius 2 is 2.25 bits per heavy atom. The molecule has 0 unspecified atom stereocenters. The summed E-state index contributed by atoms with van der Waals surface area (Å²) in [5.41, 5.74) is 0.0425. The molecule has 0 saturated carbocycles. The zero-order chi connectivity index (χ0) is 11.3. The fraction of sp³-hybridized carbons (Fsp3) is 0.111. The Morgan fingerprint density at radius 3 is 3.06 bits per heavy atom. The third-order valence-corrected chi connectivity index (χ3v) is 2.32. The molecule has 0 radical (unpaired) electrons. The molecule has 0 aliphatic rings. The lowest BCUT2D eigenvalue weighted by Crippen LogP contribution is -2.17. The van der Waals surface area contributed by atoms with Crippen LogP contribution in [0.2, 0.25) is 0 Å². The minimum absolute atomic E-state index is 0.294. The van der Waals surface area contributed by atoms with Crippen molar-refractivity contribution in [1.29, 1.82) is 0 Å². The van der Waals surface area contributed by atoms with Crippen molar-refractivity contribution in [3.05, 3.63) is 34.6 Å². The molecule has 3 heterocycles. The molecule has 0 amide bonds. The van der Waals surface area contributed by atoms with E-state index in [9.17, 15) is 10.0 Å². The number of aryl methyl sites for hydroxylation is 1. The first-order valence-corrected chi connectivity index (χ1v) is 4.60. The van der Waals surface area contributed by atoms with Gasteiger partial charge in [0.2, 0.25) is 0 Å². The Bertz CT molecular complexity index is 758. The third kappa shape index (κ3) is 1.02.